The van der Waals surface area contributed by atoms with Gasteiger partial charge in [0.1, 0.15) is 10.6 Å². The molecule has 0 aliphatic carbocycles. The van der Waals surface area contributed by atoms with E-state index in [1.165, 1.54) is 11.4 Å². The number of ether oxygens (including phenoxy) is 1. The van der Waals surface area contributed by atoms with Gasteiger partial charge in [-0.3, -0.25) is 0 Å². The first-order valence-electron chi connectivity index (χ1n) is 7.83. The topological polar surface area (TPSA) is 72.6 Å². The maximum Gasteiger partial charge on any atom is 0.247 e. The Hall–Kier alpha value is -1.89. The van der Waals surface area contributed by atoms with Crippen molar-refractivity contribution in [3.05, 3.63) is 59.7 Å². The van der Waals surface area contributed by atoms with Gasteiger partial charge in [-0.25, -0.2) is 8.42 Å². The molecule has 130 valence electrons. The number of methoxy groups -OCH3 is 1. The number of hydrogen-bond acceptors (Lipinski definition) is 4. The van der Waals surface area contributed by atoms with Crippen molar-refractivity contribution in [2.45, 2.75) is 37.9 Å². The first kappa shape index (κ1) is 18.4. The lowest BCUT2D eigenvalue weighted by Crippen LogP contribution is -2.36. The van der Waals surface area contributed by atoms with Gasteiger partial charge in [-0.05, 0) is 37.1 Å². The van der Waals surface area contributed by atoms with E-state index in [-0.39, 0.29) is 10.9 Å². The predicted octanol–water partition coefficient (Wildman–Crippen LogP) is 2.75. The van der Waals surface area contributed by atoms with Crippen molar-refractivity contribution in [1.82, 2.24) is 4.31 Å². The van der Waals surface area contributed by atoms with Crippen LogP contribution in [-0.4, -0.2) is 25.9 Å². The van der Waals surface area contributed by atoms with E-state index in [4.69, 9.17) is 10.5 Å². The van der Waals surface area contributed by atoms with E-state index < -0.39 is 10.0 Å². The summed E-state index contributed by atoms with van der Waals surface area (Å²) in [5.74, 6) is 0.316. The van der Waals surface area contributed by atoms with Crippen LogP contribution < -0.4 is 10.5 Å². The van der Waals surface area contributed by atoms with Gasteiger partial charge in [0.2, 0.25) is 10.0 Å². The Bertz CT molecular complexity index is 774. The Labute approximate surface area is 144 Å². The molecule has 2 aromatic rings. The zero-order chi connectivity index (χ0) is 17.7. The van der Waals surface area contributed by atoms with E-state index in [0.717, 1.165) is 11.1 Å². The number of nitrogens with two attached hydrogens (primary N) is 1. The molecule has 0 aliphatic heterocycles. The van der Waals surface area contributed by atoms with Crippen molar-refractivity contribution in [2.24, 2.45) is 5.73 Å². The van der Waals surface area contributed by atoms with Gasteiger partial charge in [-0.15, -0.1) is 0 Å². The molecule has 0 saturated heterocycles. The number of rotatable bonds is 7. The van der Waals surface area contributed by atoms with E-state index in [2.05, 4.69) is 0 Å². The molecule has 0 saturated carbocycles. The van der Waals surface area contributed by atoms with E-state index in [9.17, 15) is 8.42 Å². The third kappa shape index (κ3) is 3.95. The average Bonchev–Trinajstić information content (AvgIpc) is 2.59. The Morgan fingerprint density at radius 1 is 1.08 bits per heavy atom. The predicted molar refractivity (Wildman–Crippen MR) is 95.2 cm³/mol. The Morgan fingerprint density at radius 3 is 2.29 bits per heavy atom. The normalized spacial score (nSPS) is 11.9. The Morgan fingerprint density at radius 2 is 1.75 bits per heavy atom. The summed E-state index contributed by atoms with van der Waals surface area (Å²) in [4.78, 5) is 0.159. The molecular weight excluding hydrogens is 324 g/mol. The summed E-state index contributed by atoms with van der Waals surface area (Å²) in [5.41, 5.74) is 7.39. The molecule has 24 heavy (non-hydrogen) atoms. The SMILES string of the molecule is COc1cc(CN)ccc1S(=O)(=O)N(Cc1ccccc1)C(C)C. The molecule has 0 spiro atoms. The van der Waals surface area contributed by atoms with E-state index in [0.29, 0.717) is 18.8 Å². The first-order valence-corrected chi connectivity index (χ1v) is 9.27. The minimum absolute atomic E-state index is 0.159. The molecule has 2 aromatic carbocycles. The van der Waals surface area contributed by atoms with E-state index in [1.54, 1.807) is 18.2 Å². The fourth-order valence-electron chi connectivity index (χ4n) is 2.49. The van der Waals surface area contributed by atoms with Gasteiger partial charge in [-0.1, -0.05) is 36.4 Å². The van der Waals surface area contributed by atoms with Gasteiger partial charge in [0.15, 0.2) is 0 Å². The molecule has 0 aromatic heterocycles. The van der Waals surface area contributed by atoms with Crippen LogP contribution in [0.25, 0.3) is 0 Å². The van der Waals surface area contributed by atoms with Gasteiger partial charge >= 0.3 is 0 Å². The highest BCUT2D eigenvalue weighted by Gasteiger charge is 2.30. The molecule has 0 bridgehead atoms. The van der Waals surface area contributed by atoms with Gasteiger partial charge in [0.25, 0.3) is 0 Å². The van der Waals surface area contributed by atoms with Crippen LogP contribution in [0, 0.1) is 0 Å². The maximum absolute atomic E-state index is 13.2. The molecule has 0 heterocycles. The monoisotopic (exact) mass is 348 g/mol. The summed E-state index contributed by atoms with van der Waals surface area (Å²) in [6, 6.07) is 14.3. The van der Waals surface area contributed by atoms with Crippen molar-refractivity contribution >= 4 is 10.0 Å². The molecule has 0 atom stereocenters. The van der Waals surface area contributed by atoms with Crippen molar-refractivity contribution in [3.8, 4) is 5.75 Å². The molecular formula is C18H24N2O3S. The maximum atomic E-state index is 13.2. The van der Waals surface area contributed by atoms with Gasteiger partial charge in [0.05, 0.1) is 7.11 Å². The first-order chi connectivity index (χ1) is 11.4. The highest BCUT2D eigenvalue weighted by Crippen LogP contribution is 2.29. The molecule has 6 heteroatoms. The molecule has 0 fully saturated rings. The van der Waals surface area contributed by atoms with Crippen molar-refractivity contribution in [1.29, 1.82) is 0 Å². The zero-order valence-electron chi connectivity index (χ0n) is 14.3. The van der Waals surface area contributed by atoms with Crippen molar-refractivity contribution in [2.75, 3.05) is 7.11 Å². The van der Waals surface area contributed by atoms with Crippen LogP contribution >= 0.6 is 0 Å². The largest absolute Gasteiger partial charge is 0.495 e. The van der Waals surface area contributed by atoms with Crippen LogP contribution in [0.15, 0.2) is 53.4 Å². The van der Waals surface area contributed by atoms with Crippen LogP contribution in [0.1, 0.15) is 25.0 Å². The summed E-state index contributed by atoms with van der Waals surface area (Å²) < 4.78 is 33.1. The lowest BCUT2D eigenvalue weighted by Gasteiger charge is -2.27. The fourth-order valence-corrected chi connectivity index (χ4v) is 4.25. The van der Waals surface area contributed by atoms with Gasteiger partial charge in [0, 0.05) is 19.1 Å². The third-order valence-corrected chi connectivity index (χ3v) is 5.87. The average molecular weight is 348 g/mol. The number of benzene rings is 2. The number of hydrogen-bond donors (Lipinski definition) is 1. The minimum atomic E-state index is -3.70. The fraction of sp³-hybridized carbons (Fsp3) is 0.333. The van der Waals surface area contributed by atoms with Crippen LogP contribution in [-0.2, 0) is 23.1 Å². The second kappa shape index (κ2) is 7.79. The third-order valence-electron chi connectivity index (χ3n) is 3.81. The summed E-state index contributed by atoms with van der Waals surface area (Å²) in [6.45, 7) is 4.36. The number of sulfonamides is 1. The van der Waals surface area contributed by atoms with Crippen LogP contribution in [0.3, 0.4) is 0 Å². The van der Waals surface area contributed by atoms with Gasteiger partial charge in [-0.2, -0.15) is 4.31 Å². The highest BCUT2D eigenvalue weighted by molar-refractivity contribution is 7.89. The quantitative estimate of drug-likeness (QED) is 0.835. The lowest BCUT2D eigenvalue weighted by molar-refractivity contribution is 0.343. The van der Waals surface area contributed by atoms with Gasteiger partial charge < -0.3 is 10.5 Å². The Balaban J connectivity index is 2.45. The summed E-state index contributed by atoms with van der Waals surface area (Å²) in [5, 5.41) is 0. The smallest absolute Gasteiger partial charge is 0.247 e. The molecule has 2 rings (SSSR count). The molecule has 5 nitrogen and oxygen atoms in total. The molecule has 2 N–H and O–H groups in total. The lowest BCUT2D eigenvalue weighted by atomic mass is 10.2. The molecule has 0 aliphatic rings. The number of nitrogens with zero attached hydrogens (tertiary/aromatic N) is 1. The van der Waals surface area contributed by atoms with E-state index in [1.807, 2.05) is 44.2 Å². The van der Waals surface area contributed by atoms with E-state index >= 15 is 0 Å². The van der Waals surface area contributed by atoms with Crippen molar-refractivity contribution < 1.29 is 13.2 Å². The summed E-state index contributed by atoms with van der Waals surface area (Å²) in [7, 11) is -2.23. The molecule has 0 unspecified atom stereocenters. The zero-order valence-corrected chi connectivity index (χ0v) is 15.1. The van der Waals surface area contributed by atoms with Crippen molar-refractivity contribution in [3.63, 3.8) is 0 Å². The molecule has 0 amide bonds. The summed E-state index contributed by atoms with van der Waals surface area (Å²) >= 11 is 0. The van der Waals surface area contributed by atoms with Crippen LogP contribution in [0.5, 0.6) is 5.75 Å². The Kier molecular flexibility index (Phi) is 5.99. The van der Waals surface area contributed by atoms with Crippen LogP contribution in [0.2, 0.25) is 0 Å². The minimum Gasteiger partial charge on any atom is -0.495 e. The second-order valence-electron chi connectivity index (χ2n) is 5.82. The standard InChI is InChI=1S/C18H24N2O3S/c1-14(2)20(13-15-7-5-4-6-8-15)24(21,22)18-10-9-16(12-19)11-17(18)23-3/h4-11,14H,12-13,19H2,1-3H3. The second-order valence-corrected chi connectivity index (χ2v) is 7.68. The van der Waals surface area contributed by atoms with Crippen LogP contribution in [0.4, 0.5) is 0 Å². The highest BCUT2D eigenvalue weighted by atomic mass is 32.2. The molecule has 0 radical (unpaired) electrons. The summed E-state index contributed by atoms with van der Waals surface area (Å²) in [6.07, 6.45) is 0.